The SMILES string of the molecule is C/C=C\C(CCNc1c(N)c(=O)n(CC)n1CC)=[NH+]C. The Kier molecular flexibility index (Phi) is 6.09. The molecule has 6 nitrogen and oxygen atoms in total. The second kappa shape index (κ2) is 7.57. The van der Waals surface area contributed by atoms with Gasteiger partial charge in [0.2, 0.25) is 0 Å². The Bertz CT molecular complexity index is 551. The van der Waals surface area contributed by atoms with Crippen LogP contribution in [0.25, 0.3) is 0 Å². The molecular formula is C14H26N5O+. The van der Waals surface area contributed by atoms with Crippen molar-refractivity contribution in [1.29, 1.82) is 0 Å². The highest BCUT2D eigenvalue weighted by Gasteiger charge is 2.15. The van der Waals surface area contributed by atoms with Crippen LogP contribution >= 0.6 is 0 Å². The molecular weight excluding hydrogens is 254 g/mol. The van der Waals surface area contributed by atoms with Gasteiger partial charge in [-0.05, 0) is 20.8 Å². The van der Waals surface area contributed by atoms with E-state index in [1.165, 1.54) is 0 Å². The van der Waals surface area contributed by atoms with Crippen molar-refractivity contribution in [2.45, 2.75) is 40.3 Å². The lowest BCUT2D eigenvalue weighted by molar-refractivity contribution is -0.420. The minimum absolute atomic E-state index is 0.122. The Morgan fingerprint density at radius 1 is 1.35 bits per heavy atom. The van der Waals surface area contributed by atoms with E-state index in [1.807, 2.05) is 44.7 Å². The van der Waals surface area contributed by atoms with Crippen molar-refractivity contribution in [3.8, 4) is 0 Å². The third kappa shape index (κ3) is 3.31. The topological polar surface area (TPSA) is 78.9 Å². The van der Waals surface area contributed by atoms with Crippen molar-refractivity contribution in [3.05, 3.63) is 22.5 Å². The van der Waals surface area contributed by atoms with Crippen LogP contribution in [0.2, 0.25) is 0 Å². The third-order valence-electron chi connectivity index (χ3n) is 3.24. The van der Waals surface area contributed by atoms with Crippen LogP contribution in [0.3, 0.4) is 0 Å². The van der Waals surface area contributed by atoms with E-state index in [9.17, 15) is 4.79 Å². The summed E-state index contributed by atoms with van der Waals surface area (Å²) in [6.45, 7) is 7.97. The number of anilines is 2. The van der Waals surface area contributed by atoms with E-state index in [0.29, 0.717) is 18.8 Å². The largest absolute Gasteiger partial charge is 0.391 e. The van der Waals surface area contributed by atoms with Gasteiger partial charge in [0, 0.05) is 32.1 Å². The Morgan fingerprint density at radius 2 is 2.00 bits per heavy atom. The number of rotatable bonds is 7. The Labute approximate surface area is 120 Å². The summed E-state index contributed by atoms with van der Waals surface area (Å²) in [4.78, 5) is 15.1. The van der Waals surface area contributed by atoms with Crippen LogP contribution < -0.4 is 21.6 Å². The van der Waals surface area contributed by atoms with Gasteiger partial charge in [-0.1, -0.05) is 6.08 Å². The van der Waals surface area contributed by atoms with Crippen LogP contribution in [0.15, 0.2) is 16.9 Å². The summed E-state index contributed by atoms with van der Waals surface area (Å²) in [7, 11) is 1.90. The lowest BCUT2D eigenvalue weighted by Crippen LogP contribution is -2.67. The van der Waals surface area contributed by atoms with Crippen molar-refractivity contribution in [2.75, 3.05) is 24.6 Å². The van der Waals surface area contributed by atoms with Gasteiger partial charge >= 0.3 is 0 Å². The molecule has 0 amide bonds. The fourth-order valence-corrected chi connectivity index (χ4v) is 2.25. The first-order chi connectivity index (χ1) is 9.60. The zero-order valence-corrected chi connectivity index (χ0v) is 12.9. The van der Waals surface area contributed by atoms with Crippen LogP contribution in [0.4, 0.5) is 11.5 Å². The van der Waals surface area contributed by atoms with Gasteiger partial charge in [-0.3, -0.25) is 9.48 Å². The quantitative estimate of drug-likeness (QED) is 0.605. The molecule has 0 aromatic carbocycles. The molecule has 6 heteroatoms. The zero-order chi connectivity index (χ0) is 15.1. The molecule has 1 aromatic rings. The number of nitrogens with one attached hydrogen (secondary N) is 2. The molecule has 0 aliphatic rings. The fourth-order valence-electron chi connectivity index (χ4n) is 2.25. The fraction of sp³-hybridized carbons (Fsp3) is 0.571. The van der Waals surface area contributed by atoms with Gasteiger partial charge in [-0.2, -0.15) is 0 Å². The molecule has 0 spiro atoms. The van der Waals surface area contributed by atoms with E-state index >= 15 is 0 Å². The van der Waals surface area contributed by atoms with Crippen molar-refractivity contribution >= 4 is 17.2 Å². The van der Waals surface area contributed by atoms with Gasteiger partial charge in [0.1, 0.15) is 18.6 Å². The minimum Gasteiger partial charge on any atom is -0.391 e. The molecule has 4 N–H and O–H groups in total. The lowest BCUT2D eigenvalue weighted by Gasteiger charge is -2.12. The number of nitrogens with zero attached hydrogens (tertiary/aromatic N) is 2. The molecule has 0 saturated heterocycles. The molecule has 0 unspecified atom stereocenters. The van der Waals surface area contributed by atoms with Crippen LogP contribution in [-0.2, 0) is 13.1 Å². The summed E-state index contributed by atoms with van der Waals surface area (Å²) in [5, 5.41) is 3.27. The summed E-state index contributed by atoms with van der Waals surface area (Å²) in [5.41, 5.74) is 7.22. The molecule has 1 aromatic heterocycles. The molecule has 1 heterocycles. The second-order valence-electron chi connectivity index (χ2n) is 4.45. The molecule has 0 bridgehead atoms. The van der Waals surface area contributed by atoms with E-state index in [1.54, 1.807) is 4.68 Å². The minimum atomic E-state index is -0.122. The highest BCUT2D eigenvalue weighted by atomic mass is 16.1. The molecule has 0 aliphatic carbocycles. The average molecular weight is 280 g/mol. The van der Waals surface area contributed by atoms with Crippen molar-refractivity contribution in [3.63, 3.8) is 0 Å². The smallest absolute Gasteiger partial charge is 0.292 e. The third-order valence-corrected chi connectivity index (χ3v) is 3.24. The summed E-state index contributed by atoms with van der Waals surface area (Å²) < 4.78 is 3.55. The van der Waals surface area contributed by atoms with Crippen LogP contribution in [0.5, 0.6) is 0 Å². The number of aromatic nitrogens is 2. The van der Waals surface area contributed by atoms with E-state index in [4.69, 9.17) is 5.73 Å². The van der Waals surface area contributed by atoms with E-state index in [-0.39, 0.29) is 5.56 Å². The molecule has 0 saturated carbocycles. The standard InChI is InChI=1S/C14H25N5O/c1-5-8-11(16-4)9-10-17-13-12(15)14(20)19(7-3)18(13)6-2/h5,8,17H,6-7,9-10,15H2,1-4H3/p+1/b8-5-,16-11?. The summed E-state index contributed by atoms with van der Waals surface area (Å²) >= 11 is 0. The molecule has 20 heavy (non-hydrogen) atoms. The number of hydrogen-bond acceptors (Lipinski definition) is 3. The van der Waals surface area contributed by atoms with E-state index in [0.717, 1.165) is 24.5 Å². The number of allylic oxidation sites excluding steroid dienone is 2. The van der Waals surface area contributed by atoms with Gasteiger partial charge in [0.05, 0.1) is 0 Å². The van der Waals surface area contributed by atoms with Gasteiger partial charge < -0.3 is 11.1 Å². The molecule has 0 atom stereocenters. The second-order valence-corrected chi connectivity index (χ2v) is 4.45. The van der Waals surface area contributed by atoms with Crippen LogP contribution in [0, 0.1) is 0 Å². The van der Waals surface area contributed by atoms with Crippen molar-refractivity contribution < 1.29 is 4.99 Å². The predicted octanol–water partition coefficient (Wildman–Crippen LogP) is -0.199. The van der Waals surface area contributed by atoms with E-state index in [2.05, 4.69) is 10.3 Å². The summed E-state index contributed by atoms with van der Waals surface area (Å²) in [6, 6.07) is 0. The lowest BCUT2D eigenvalue weighted by atomic mass is 10.2. The highest BCUT2D eigenvalue weighted by molar-refractivity contribution is 5.90. The first-order valence-corrected chi connectivity index (χ1v) is 7.09. The number of hydrogen-bond donors (Lipinski definition) is 3. The van der Waals surface area contributed by atoms with Crippen LogP contribution in [-0.4, -0.2) is 28.7 Å². The van der Waals surface area contributed by atoms with E-state index < -0.39 is 0 Å². The summed E-state index contributed by atoms with van der Waals surface area (Å²) in [5.74, 6) is 0.718. The first-order valence-electron chi connectivity index (χ1n) is 7.09. The molecule has 112 valence electrons. The average Bonchev–Trinajstić information content (AvgIpc) is 2.69. The van der Waals surface area contributed by atoms with Crippen molar-refractivity contribution in [1.82, 2.24) is 9.36 Å². The van der Waals surface area contributed by atoms with Gasteiger partial charge in [0.15, 0.2) is 5.71 Å². The predicted molar refractivity (Wildman–Crippen MR) is 84.3 cm³/mol. The first kappa shape index (κ1) is 16.1. The Hall–Kier alpha value is -1.98. The highest BCUT2D eigenvalue weighted by Crippen LogP contribution is 2.15. The molecule has 0 aliphatic heterocycles. The van der Waals surface area contributed by atoms with Crippen molar-refractivity contribution in [2.24, 2.45) is 0 Å². The Balaban J connectivity index is 2.86. The molecule has 0 fully saturated rings. The monoisotopic (exact) mass is 280 g/mol. The van der Waals surface area contributed by atoms with Gasteiger partial charge in [0.25, 0.3) is 5.56 Å². The zero-order valence-electron chi connectivity index (χ0n) is 12.9. The maximum Gasteiger partial charge on any atom is 0.292 e. The normalized spacial score (nSPS) is 12.3. The molecule has 0 radical (unpaired) electrons. The molecule has 1 rings (SSSR count). The number of nitrogens with two attached hydrogens (primary N) is 1. The summed E-state index contributed by atoms with van der Waals surface area (Å²) in [6.07, 6.45) is 4.88. The number of nitrogen functional groups attached to an aromatic ring is 1. The van der Waals surface area contributed by atoms with Crippen LogP contribution in [0.1, 0.15) is 27.2 Å². The maximum atomic E-state index is 12.0. The Morgan fingerprint density at radius 3 is 2.50 bits per heavy atom. The van der Waals surface area contributed by atoms with Gasteiger partial charge in [-0.15, -0.1) is 0 Å². The maximum absolute atomic E-state index is 12.0. The van der Waals surface area contributed by atoms with Gasteiger partial charge in [-0.25, -0.2) is 9.67 Å².